The lowest BCUT2D eigenvalue weighted by molar-refractivity contribution is -0.119. The fraction of sp³-hybridized carbons (Fsp3) is 0.455. The second-order valence-corrected chi connectivity index (χ2v) is 8.71. The highest BCUT2D eigenvalue weighted by atomic mass is 35.5. The predicted molar refractivity (Wildman–Crippen MR) is 114 cm³/mol. The van der Waals surface area contributed by atoms with Crippen molar-refractivity contribution in [2.24, 2.45) is 5.92 Å². The van der Waals surface area contributed by atoms with E-state index in [9.17, 15) is 9.90 Å². The highest BCUT2D eigenvalue weighted by Gasteiger charge is 2.46. The number of rotatable bonds is 7. The van der Waals surface area contributed by atoms with Gasteiger partial charge in [-0.05, 0) is 62.3 Å². The van der Waals surface area contributed by atoms with Crippen molar-refractivity contribution < 1.29 is 9.90 Å². The Morgan fingerprint density at radius 2 is 2.10 bits per heavy atom. The first-order chi connectivity index (χ1) is 14.5. The van der Waals surface area contributed by atoms with Crippen LogP contribution in [-0.4, -0.2) is 36.6 Å². The summed E-state index contributed by atoms with van der Waals surface area (Å²) >= 11 is 6.08. The SMILES string of the molecule is CC(O)CCCn1c(CN2C(=O)C(C3CC3)c3ccncc32)nc2nc(Cl)ccc21. The minimum absolute atomic E-state index is 0.0661. The molecule has 1 aliphatic heterocycles. The second-order valence-electron chi connectivity index (χ2n) is 8.32. The van der Waals surface area contributed by atoms with Gasteiger partial charge in [0.05, 0.1) is 36.0 Å². The zero-order valence-corrected chi connectivity index (χ0v) is 17.6. The van der Waals surface area contributed by atoms with Crippen LogP contribution in [0.3, 0.4) is 0 Å². The summed E-state index contributed by atoms with van der Waals surface area (Å²) in [7, 11) is 0. The van der Waals surface area contributed by atoms with E-state index < -0.39 is 0 Å². The number of aliphatic hydroxyl groups excluding tert-OH is 1. The Morgan fingerprint density at radius 3 is 2.87 bits per heavy atom. The number of hydrogen-bond acceptors (Lipinski definition) is 5. The summed E-state index contributed by atoms with van der Waals surface area (Å²) < 4.78 is 2.09. The Labute approximate surface area is 179 Å². The molecule has 7 nitrogen and oxygen atoms in total. The zero-order valence-electron chi connectivity index (χ0n) is 16.8. The van der Waals surface area contributed by atoms with E-state index in [0.717, 1.165) is 41.9 Å². The molecular formula is C22H24ClN5O2. The van der Waals surface area contributed by atoms with E-state index in [2.05, 4.69) is 14.5 Å². The summed E-state index contributed by atoms with van der Waals surface area (Å²) in [5, 5.41) is 10.0. The van der Waals surface area contributed by atoms with Crippen molar-refractivity contribution in [2.75, 3.05) is 4.90 Å². The van der Waals surface area contributed by atoms with Gasteiger partial charge in [0.15, 0.2) is 5.65 Å². The number of aryl methyl sites for hydroxylation is 1. The Kier molecular flexibility index (Phi) is 4.95. The summed E-state index contributed by atoms with van der Waals surface area (Å²) in [5.41, 5.74) is 3.42. The number of pyridine rings is 2. The van der Waals surface area contributed by atoms with Crippen LogP contribution in [-0.2, 0) is 17.9 Å². The summed E-state index contributed by atoms with van der Waals surface area (Å²) in [4.78, 5) is 28.5. The summed E-state index contributed by atoms with van der Waals surface area (Å²) in [5.74, 6) is 1.27. The number of aliphatic hydroxyl groups is 1. The Bertz CT molecular complexity index is 1110. The van der Waals surface area contributed by atoms with Crippen molar-refractivity contribution in [1.29, 1.82) is 0 Å². The van der Waals surface area contributed by atoms with Gasteiger partial charge in [-0.25, -0.2) is 9.97 Å². The highest BCUT2D eigenvalue weighted by Crippen LogP contribution is 2.50. The molecule has 8 heteroatoms. The van der Waals surface area contributed by atoms with Gasteiger partial charge in [-0.1, -0.05) is 11.6 Å². The molecule has 1 saturated carbocycles. The smallest absolute Gasteiger partial charge is 0.235 e. The Balaban J connectivity index is 1.51. The van der Waals surface area contributed by atoms with E-state index in [4.69, 9.17) is 16.6 Å². The molecule has 2 unspecified atom stereocenters. The van der Waals surface area contributed by atoms with Crippen molar-refractivity contribution >= 4 is 34.4 Å². The molecule has 156 valence electrons. The molecule has 1 aliphatic carbocycles. The summed E-state index contributed by atoms with van der Waals surface area (Å²) in [6.45, 7) is 2.84. The van der Waals surface area contributed by atoms with Crippen LogP contribution < -0.4 is 4.90 Å². The lowest BCUT2D eigenvalue weighted by Crippen LogP contribution is -2.30. The van der Waals surface area contributed by atoms with E-state index >= 15 is 0 Å². The van der Waals surface area contributed by atoms with Crippen LogP contribution in [0.25, 0.3) is 11.2 Å². The molecule has 5 rings (SSSR count). The molecule has 1 N–H and O–H groups in total. The van der Waals surface area contributed by atoms with Crippen LogP contribution >= 0.6 is 11.6 Å². The number of halogens is 1. The van der Waals surface area contributed by atoms with Crippen LogP contribution in [0, 0.1) is 5.92 Å². The van der Waals surface area contributed by atoms with E-state index in [-0.39, 0.29) is 17.9 Å². The minimum Gasteiger partial charge on any atom is -0.393 e. The average Bonchev–Trinajstić information content (AvgIpc) is 3.44. The van der Waals surface area contributed by atoms with Gasteiger partial charge in [-0.3, -0.25) is 9.78 Å². The minimum atomic E-state index is -0.354. The molecule has 3 aromatic heterocycles. The molecule has 0 bridgehead atoms. The fourth-order valence-corrected chi connectivity index (χ4v) is 4.59. The Morgan fingerprint density at radius 1 is 1.27 bits per heavy atom. The maximum absolute atomic E-state index is 13.3. The topological polar surface area (TPSA) is 84.1 Å². The van der Waals surface area contributed by atoms with Crippen molar-refractivity contribution in [1.82, 2.24) is 19.5 Å². The molecular weight excluding hydrogens is 402 g/mol. The quantitative estimate of drug-likeness (QED) is 0.584. The second kappa shape index (κ2) is 7.63. The molecule has 0 spiro atoms. The molecule has 2 aliphatic rings. The van der Waals surface area contributed by atoms with Crippen LogP contribution in [0.1, 0.15) is 49.9 Å². The molecule has 3 aromatic rings. The molecule has 1 fully saturated rings. The molecule has 0 radical (unpaired) electrons. The number of anilines is 1. The number of imidazole rings is 1. The number of hydrogen-bond donors (Lipinski definition) is 1. The van der Waals surface area contributed by atoms with E-state index in [0.29, 0.717) is 36.2 Å². The highest BCUT2D eigenvalue weighted by molar-refractivity contribution is 6.29. The van der Waals surface area contributed by atoms with E-state index in [1.807, 2.05) is 17.0 Å². The van der Waals surface area contributed by atoms with Crippen molar-refractivity contribution in [3.8, 4) is 0 Å². The molecule has 1 amide bonds. The van der Waals surface area contributed by atoms with Gasteiger partial charge in [0.1, 0.15) is 11.0 Å². The van der Waals surface area contributed by atoms with Crippen LogP contribution in [0.5, 0.6) is 0 Å². The van der Waals surface area contributed by atoms with E-state index in [1.165, 1.54) is 0 Å². The monoisotopic (exact) mass is 425 g/mol. The first-order valence-electron chi connectivity index (χ1n) is 10.5. The third kappa shape index (κ3) is 3.46. The van der Waals surface area contributed by atoms with Gasteiger partial charge in [-0.2, -0.15) is 0 Å². The maximum atomic E-state index is 13.3. The third-order valence-corrected chi connectivity index (χ3v) is 6.26. The predicted octanol–water partition coefficient (Wildman–Crippen LogP) is 3.68. The lowest BCUT2D eigenvalue weighted by atomic mass is 9.97. The lowest BCUT2D eigenvalue weighted by Gasteiger charge is -2.19. The maximum Gasteiger partial charge on any atom is 0.235 e. The first-order valence-corrected chi connectivity index (χ1v) is 10.9. The molecule has 4 heterocycles. The first kappa shape index (κ1) is 19.5. The van der Waals surface area contributed by atoms with Gasteiger partial charge >= 0.3 is 0 Å². The zero-order chi connectivity index (χ0) is 20.8. The van der Waals surface area contributed by atoms with Gasteiger partial charge < -0.3 is 14.6 Å². The third-order valence-electron chi connectivity index (χ3n) is 6.05. The van der Waals surface area contributed by atoms with E-state index in [1.54, 1.807) is 25.4 Å². The number of nitrogens with zero attached hydrogens (tertiary/aromatic N) is 5. The average molecular weight is 426 g/mol. The molecule has 2 atom stereocenters. The van der Waals surface area contributed by atoms with Crippen molar-refractivity contribution in [3.63, 3.8) is 0 Å². The standard InChI is InChI=1S/C22H24ClN5O2/c1-13(29)3-2-10-27-16-6-7-18(23)25-21(16)26-19(27)12-28-17-11-24-9-8-15(17)20(22(28)30)14-4-5-14/h6-9,11,13-14,20,29H,2-5,10,12H2,1H3. The van der Waals surface area contributed by atoms with Crippen LogP contribution in [0.2, 0.25) is 5.15 Å². The molecule has 30 heavy (non-hydrogen) atoms. The number of aromatic nitrogens is 4. The number of amides is 1. The largest absolute Gasteiger partial charge is 0.393 e. The van der Waals surface area contributed by atoms with Crippen molar-refractivity contribution in [2.45, 2.75) is 57.7 Å². The summed E-state index contributed by atoms with van der Waals surface area (Å²) in [6.07, 6.45) is 6.90. The molecule has 0 aromatic carbocycles. The van der Waals surface area contributed by atoms with Crippen LogP contribution in [0.4, 0.5) is 5.69 Å². The van der Waals surface area contributed by atoms with Gasteiger partial charge in [0.2, 0.25) is 5.91 Å². The van der Waals surface area contributed by atoms with Crippen LogP contribution in [0.15, 0.2) is 30.6 Å². The number of carbonyl (C=O) groups excluding carboxylic acids is 1. The van der Waals surface area contributed by atoms with Gasteiger partial charge in [0.25, 0.3) is 0 Å². The Hall–Kier alpha value is -2.51. The number of carbonyl (C=O) groups is 1. The number of fused-ring (bicyclic) bond motifs is 2. The molecule has 0 saturated heterocycles. The van der Waals surface area contributed by atoms with Gasteiger partial charge in [-0.15, -0.1) is 0 Å². The van der Waals surface area contributed by atoms with Crippen molar-refractivity contribution in [3.05, 3.63) is 47.1 Å². The fourth-order valence-electron chi connectivity index (χ4n) is 4.44. The van der Waals surface area contributed by atoms with Gasteiger partial charge in [0, 0.05) is 12.7 Å². The summed E-state index contributed by atoms with van der Waals surface area (Å²) in [6, 6.07) is 5.64. The normalized spacial score (nSPS) is 19.5.